The van der Waals surface area contributed by atoms with Crippen LogP contribution in [-0.2, 0) is 11.3 Å². The SMILES string of the molecule is CCN(Cc1ccncc1)C(=O)N(C)CCCC(=O)O. The molecule has 0 spiro atoms. The van der Waals surface area contributed by atoms with Crippen molar-refractivity contribution in [3.05, 3.63) is 30.1 Å². The van der Waals surface area contributed by atoms with Crippen molar-refractivity contribution in [1.29, 1.82) is 0 Å². The Labute approximate surface area is 119 Å². The number of carbonyl (C=O) groups excluding carboxylic acids is 1. The first-order valence-corrected chi connectivity index (χ1v) is 6.65. The van der Waals surface area contributed by atoms with E-state index in [1.54, 1.807) is 29.2 Å². The van der Waals surface area contributed by atoms with E-state index in [1.807, 2.05) is 19.1 Å². The quantitative estimate of drug-likeness (QED) is 0.826. The maximum Gasteiger partial charge on any atom is 0.320 e. The van der Waals surface area contributed by atoms with Crippen LogP contribution in [0, 0.1) is 0 Å². The highest BCUT2D eigenvalue weighted by Crippen LogP contribution is 2.06. The van der Waals surface area contributed by atoms with E-state index >= 15 is 0 Å². The van der Waals surface area contributed by atoms with Crippen molar-refractivity contribution in [3.63, 3.8) is 0 Å². The monoisotopic (exact) mass is 279 g/mol. The predicted octanol–water partition coefficient (Wildman–Crippen LogP) is 1.82. The maximum absolute atomic E-state index is 12.2. The molecular formula is C14H21N3O3. The number of aromatic nitrogens is 1. The third-order valence-corrected chi connectivity index (χ3v) is 2.99. The minimum absolute atomic E-state index is 0.0775. The minimum Gasteiger partial charge on any atom is -0.481 e. The number of hydrogen-bond acceptors (Lipinski definition) is 3. The van der Waals surface area contributed by atoms with Crippen molar-refractivity contribution in [2.24, 2.45) is 0 Å². The minimum atomic E-state index is -0.838. The zero-order valence-electron chi connectivity index (χ0n) is 12.0. The van der Waals surface area contributed by atoms with Crippen LogP contribution in [0.25, 0.3) is 0 Å². The molecule has 0 fully saturated rings. The van der Waals surface area contributed by atoms with Crippen LogP contribution in [0.5, 0.6) is 0 Å². The summed E-state index contributed by atoms with van der Waals surface area (Å²) in [5.41, 5.74) is 1.02. The van der Waals surface area contributed by atoms with Crippen LogP contribution >= 0.6 is 0 Å². The van der Waals surface area contributed by atoms with Gasteiger partial charge in [0.2, 0.25) is 0 Å². The zero-order valence-corrected chi connectivity index (χ0v) is 12.0. The lowest BCUT2D eigenvalue weighted by Crippen LogP contribution is -2.41. The molecule has 0 aliphatic rings. The number of urea groups is 1. The van der Waals surface area contributed by atoms with Gasteiger partial charge in [0.05, 0.1) is 0 Å². The van der Waals surface area contributed by atoms with Crippen LogP contribution in [0.15, 0.2) is 24.5 Å². The normalized spacial score (nSPS) is 10.1. The molecule has 1 N–H and O–H groups in total. The summed E-state index contributed by atoms with van der Waals surface area (Å²) in [7, 11) is 1.69. The van der Waals surface area contributed by atoms with Gasteiger partial charge in [0.1, 0.15) is 0 Å². The summed E-state index contributed by atoms with van der Waals surface area (Å²) < 4.78 is 0. The van der Waals surface area contributed by atoms with Crippen molar-refractivity contribution >= 4 is 12.0 Å². The fourth-order valence-corrected chi connectivity index (χ4v) is 1.83. The Hall–Kier alpha value is -2.11. The molecule has 0 aliphatic heterocycles. The lowest BCUT2D eigenvalue weighted by atomic mass is 10.2. The van der Waals surface area contributed by atoms with Crippen molar-refractivity contribution in [1.82, 2.24) is 14.8 Å². The molecular weight excluding hydrogens is 258 g/mol. The molecule has 0 radical (unpaired) electrons. The first kappa shape index (κ1) is 15.9. The first-order valence-electron chi connectivity index (χ1n) is 6.65. The lowest BCUT2D eigenvalue weighted by Gasteiger charge is -2.27. The Morgan fingerprint density at radius 3 is 2.50 bits per heavy atom. The smallest absolute Gasteiger partial charge is 0.320 e. The zero-order chi connectivity index (χ0) is 15.0. The van der Waals surface area contributed by atoms with Gasteiger partial charge in [0.25, 0.3) is 0 Å². The van der Waals surface area contributed by atoms with E-state index in [-0.39, 0.29) is 12.5 Å². The molecule has 1 rings (SSSR count). The molecule has 0 saturated carbocycles. The molecule has 1 aromatic rings. The van der Waals surface area contributed by atoms with Crippen LogP contribution in [0.4, 0.5) is 4.79 Å². The molecule has 6 nitrogen and oxygen atoms in total. The van der Waals surface area contributed by atoms with Crippen molar-refractivity contribution in [3.8, 4) is 0 Å². The van der Waals surface area contributed by atoms with Crippen molar-refractivity contribution in [2.75, 3.05) is 20.1 Å². The fourth-order valence-electron chi connectivity index (χ4n) is 1.83. The summed E-state index contributed by atoms with van der Waals surface area (Å²) in [5.74, 6) is -0.838. The lowest BCUT2D eigenvalue weighted by molar-refractivity contribution is -0.137. The molecule has 0 aromatic carbocycles. The molecule has 20 heavy (non-hydrogen) atoms. The number of carboxylic acids is 1. The van der Waals surface area contributed by atoms with Gasteiger partial charge in [-0.2, -0.15) is 0 Å². The van der Waals surface area contributed by atoms with Crippen LogP contribution in [-0.4, -0.2) is 52.0 Å². The van der Waals surface area contributed by atoms with Gasteiger partial charge in [-0.25, -0.2) is 4.79 Å². The Bertz CT molecular complexity index is 437. The number of rotatable bonds is 7. The molecule has 0 saturated heterocycles. The number of nitrogens with zero attached hydrogens (tertiary/aromatic N) is 3. The first-order chi connectivity index (χ1) is 9.54. The van der Waals surface area contributed by atoms with E-state index in [4.69, 9.17) is 5.11 Å². The Balaban J connectivity index is 2.51. The Morgan fingerprint density at radius 1 is 1.30 bits per heavy atom. The van der Waals surface area contributed by atoms with E-state index < -0.39 is 5.97 Å². The third kappa shape index (κ3) is 5.26. The molecule has 0 unspecified atom stereocenters. The maximum atomic E-state index is 12.2. The fraction of sp³-hybridized carbons (Fsp3) is 0.500. The summed E-state index contributed by atoms with van der Waals surface area (Å²) in [6.07, 6.45) is 3.94. The third-order valence-electron chi connectivity index (χ3n) is 2.99. The molecule has 0 atom stereocenters. The highest BCUT2D eigenvalue weighted by Gasteiger charge is 2.16. The van der Waals surface area contributed by atoms with E-state index in [1.165, 1.54) is 0 Å². The second kappa shape index (κ2) is 8.14. The average Bonchev–Trinajstić information content (AvgIpc) is 2.44. The van der Waals surface area contributed by atoms with Gasteiger partial charge in [-0.05, 0) is 31.0 Å². The highest BCUT2D eigenvalue weighted by atomic mass is 16.4. The van der Waals surface area contributed by atoms with E-state index in [9.17, 15) is 9.59 Å². The van der Waals surface area contributed by atoms with Crippen LogP contribution in [0.2, 0.25) is 0 Å². The van der Waals surface area contributed by atoms with E-state index in [2.05, 4.69) is 4.98 Å². The van der Waals surface area contributed by atoms with Gasteiger partial charge >= 0.3 is 12.0 Å². The van der Waals surface area contributed by atoms with Gasteiger partial charge in [0.15, 0.2) is 0 Å². The Kier molecular flexibility index (Phi) is 6.49. The van der Waals surface area contributed by atoms with Gasteiger partial charge < -0.3 is 14.9 Å². The summed E-state index contributed by atoms with van der Waals surface area (Å²) in [6, 6.07) is 3.66. The molecule has 110 valence electrons. The number of carboxylic acid groups (broad SMARTS) is 1. The number of pyridine rings is 1. The van der Waals surface area contributed by atoms with Crippen LogP contribution in [0.3, 0.4) is 0 Å². The predicted molar refractivity (Wildman–Crippen MR) is 75.2 cm³/mol. The Morgan fingerprint density at radius 2 is 1.95 bits per heavy atom. The average molecular weight is 279 g/mol. The van der Waals surface area contributed by atoms with E-state index in [0.29, 0.717) is 26.1 Å². The van der Waals surface area contributed by atoms with Crippen molar-refractivity contribution < 1.29 is 14.7 Å². The van der Waals surface area contributed by atoms with Gasteiger partial charge in [-0.3, -0.25) is 9.78 Å². The highest BCUT2D eigenvalue weighted by molar-refractivity contribution is 5.74. The number of amides is 2. The van der Waals surface area contributed by atoms with Crippen LogP contribution < -0.4 is 0 Å². The molecule has 0 aliphatic carbocycles. The second-order valence-corrected chi connectivity index (χ2v) is 4.57. The molecule has 6 heteroatoms. The second-order valence-electron chi connectivity index (χ2n) is 4.57. The standard InChI is InChI=1S/C14H21N3O3/c1-3-17(11-12-6-8-15-9-7-12)14(20)16(2)10-4-5-13(18)19/h6-9H,3-5,10-11H2,1-2H3,(H,18,19). The summed E-state index contributed by atoms with van der Waals surface area (Å²) in [6.45, 7) is 3.49. The van der Waals surface area contributed by atoms with Crippen molar-refractivity contribution in [2.45, 2.75) is 26.3 Å². The van der Waals surface area contributed by atoms with E-state index in [0.717, 1.165) is 5.56 Å². The molecule has 1 aromatic heterocycles. The van der Waals surface area contributed by atoms with Crippen LogP contribution in [0.1, 0.15) is 25.3 Å². The number of aliphatic carboxylic acids is 1. The summed E-state index contributed by atoms with van der Waals surface area (Å²) >= 11 is 0. The van der Waals surface area contributed by atoms with Gasteiger partial charge in [-0.15, -0.1) is 0 Å². The topological polar surface area (TPSA) is 73.7 Å². The molecule has 0 bridgehead atoms. The number of carbonyl (C=O) groups is 2. The largest absolute Gasteiger partial charge is 0.481 e. The molecule has 2 amide bonds. The van der Waals surface area contributed by atoms with Gasteiger partial charge in [-0.1, -0.05) is 0 Å². The number of hydrogen-bond donors (Lipinski definition) is 1. The summed E-state index contributed by atoms with van der Waals surface area (Å²) in [5, 5.41) is 8.60. The van der Waals surface area contributed by atoms with Gasteiger partial charge in [0, 0.05) is 45.5 Å². The molecule has 1 heterocycles. The summed E-state index contributed by atoms with van der Waals surface area (Å²) in [4.78, 5) is 29.9.